The number of hydrogen-bond donors (Lipinski definition) is 1. The van der Waals surface area contributed by atoms with Crippen molar-refractivity contribution in [2.24, 2.45) is 0 Å². The van der Waals surface area contributed by atoms with Crippen LogP contribution in [0, 0.1) is 5.41 Å². The Hall–Kier alpha value is -1.88. The summed E-state index contributed by atoms with van der Waals surface area (Å²) in [5.41, 5.74) is 0.945. The monoisotopic (exact) mass is 277 g/mol. The smallest absolute Gasteiger partial charge is 0.437 e. The summed E-state index contributed by atoms with van der Waals surface area (Å²) in [7, 11) is 0. The van der Waals surface area contributed by atoms with Gasteiger partial charge in [0.1, 0.15) is 6.61 Å². The Labute approximate surface area is 119 Å². The van der Waals surface area contributed by atoms with Gasteiger partial charge in [-0.25, -0.2) is 5.41 Å². The van der Waals surface area contributed by atoms with Gasteiger partial charge >= 0.3 is 12.1 Å². The molecule has 108 valence electrons. The van der Waals surface area contributed by atoms with E-state index in [0.29, 0.717) is 19.7 Å². The summed E-state index contributed by atoms with van der Waals surface area (Å²) >= 11 is 0. The first-order valence-corrected chi connectivity index (χ1v) is 6.99. The molecule has 0 aliphatic carbocycles. The van der Waals surface area contributed by atoms with Crippen molar-refractivity contribution in [1.29, 1.82) is 5.41 Å². The van der Waals surface area contributed by atoms with Gasteiger partial charge in [-0.15, -0.1) is 4.48 Å². The normalized spacial score (nSPS) is 16.6. The van der Waals surface area contributed by atoms with Crippen LogP contribution in [0.4, 0.5) is 4.79 Å². The molecule has 1 aromatic carbocycles. The van der Waals surface area contributed by atoms with E-state index in [4.69, 9.17) is 14.9 Å². The number of rotatable bonds is 3. The van der Waals surface area contributed by atoms with Gasteiger partial charge in [0.05, 0.1) is 19.7 Å². The molecule has 5 heteroatoms. The van der Waals surface area contributed by atoms with Crippen molar-refractivity contribution in [3.05, 3.63) is 35.9 Å². The Morgan fingerprint density at radius 3 is 2.45 bits per heavy atom. The summed E-state index contributed by atoms with van der Waals surface area (Å²) in [6.45, 7) is 3.62. The number of ether oxygens (including phenoxy) is 2. The molecule has 1 fully saturated rings. The maximum Gasteiger partial charge on any atom is 0.525 e. The molecule has 2 rings (SSSR count). The van der Waals surface area contributed by atoms with Gasteiger partial charge in [-0.05, 0) is 12.5 Å². The van der Waals surface area contributed by atoms with Crippen LogP contribution in [0.2, 0.25) is 0 Å². The number of carbonyl (C=O) groups excluding carboxylic acids is 1. The van der Waals surface area contributed by atoms with E-state index in [1.807, 2.05) is 37.3 Å². The van der Waals surface area contributed by atoms with Gasteiger partial charge in [-0.1, -0.05) is 30.3 Å². The fraction of sp³-hybridized carbons (Fsp3) is 0.467. The fourth-order valence-electron chi connectivity index (χ4n) is 2.45. The zero-order chi connectivity index (χ0) is 14.4. The van der Waals surface area contributed by atoms with Crippen molar-refractivity contribution in [2.75, 3.05) is 19.7 Å². The molecule has 1 aliphatic heterocycles. The van der Waals surface area contributed by atoms with Crippen LogP contribution < -0.4 is 0 Å². The summed E-state index contributed by atoms with van der Waals surface area (Å²) in [5.74, 6) is 0. The quantitative estimate of drug-likeness (QED) is 0.525. The summed E-state index contributed by atoms with van der Waals surface area (Å²) in [6, 6.07) is 9.57. The Morgan fingerprint density at radius 1 is 1.20 bits per heavy atom. The number of amidine groups is 1. The van der Waals surface area contributed by atoms with Gasteiger partial charge in [0.15, 0.2) is 0 Å². The molecule has 0 spiro atoms. The van der Waals surface area contributed by atoms with E-state index in [0.717, 1.165) is 18.4 Å². The molecule has 1 heterocycles. The second-order valence-corrected chi connectivity index (χ2v) is 4.90. The second kappa shape index (κ2) is 6.52. The molecule has 0 bridgehead atoms. The number of carbonyl (C=O) groups is 1. The SMILES string of the molecule is CCOC(=N)[N+]1(C(=O)OCc2ccccc2)CCCC1. The summed E-state index contributed by atoms with van der Waals surface area (Å²) in [5, 5.41) is 8.00. The minimum absolute atomic E-state index is 0.00283. The molecule has 1 saturated heterocycles. The molecule has 20 heavy (non-hydrogen) atoms. The van der Waals surface area contributed by atoms with E-state index in [9.17, 15) is 4.79 Å². The number of quaternary nitrogens is 1. The van der Waals surface area contributed by atoms with Crippen LogP contribution in [0.5, 0.6) is 0 Å². The number of benzene rings is 1. The van der Waals surface area contributed by atoms with Crippen LogP contribution in [0.15, 0.2) is 30.3 Å². The minimum atomic E-state index is -0.384. The summed E-state index contributed by atoms with van der Waals surface area (Å²) in [6.07, 6.45) is 1.44. The van der Waals surface area contributed by atoms with Crippen molar-refractivity contribution < 1.29 is 18.8 Å². The number of hydrogen-bond acceptors (Lipinski definition) is 4. The third-order valence-corrected chi connectivity index (χ3v) is 3.55. The first kappa shape index (κ1) is 14.5. The van der Waals surface area contributed by atoms with Gasteiger partial charge in [-0.2, -0.15) is 4.79 Å². The highest BCUT2D eigenvalue weighted by Gasteiger charge is 2.48. The van der Waals surface area contributed by atoms with Crippen molar-refractivity contribution >= 4 is 12.1 Å². The lowest BCUT2D eigenvalue weighted by atomic mass is 10.2. The van der Waals surface area contributed by atoms with Crippen LogP contribution in [0.1, 0.15) is 25.3 Å². The molecule has 1 amide bonds. The molecule has 0 unspecified atom stereocenters. The molecule has 0 radical (unpaired) electrons. The third kappa shape index (κ3) is 2.99. The van der Waals surface area contributed by atoms with Crippen LogP contribution in [0.25, 0.3) is 0 Å². The minimum Gasteiger partial charge on any atom is -0.437 e. The molecule has 1 aromatic rings. The second-order valence-electron chi connectivity index (χ2n) is 4.90. The standard InChI is InChI=1S/C15H21N2O3/c1-2-19-14(16)17(10-6-7-11-17)15(18)20-12-13-8-4-3-5-9-13/h3-5,8-9,16H,2,6-7,10-12H2,1H3/q+1. The van der Waals surface area contributed by atoms with E-state index < -0.39 is 0 Å². The Morgan fingerprint density at radius 2 is 1.85 bits per heavy atom. The molecular formula is C15H21N2O3+. The first-order chi connectivity index (χ1) is 9.69. The average molecular weight is 277 g/mol. The van der Waals surface area contributed by atoms with Crippen molar-refractivity contribution in [3.8, 4) is 0 Å². The van der Waals surface area contributed by atoms with Crippen LogP contribution >= 0.6 is 0 Å². The molecule has 0 atom stereocenters. The zero-order valence-electron chi connectivity index (χ0n) is 11.8. The lowest BCUT2D eigenvalue weighted by Crippen LogP contribution is -2.55. The molecule has 1 N–H and O–H groups in total. The van der Waals surface area contributed by atoms with E-state index in [1.54, 1.807) is 0 Å². The summed E-state index contributed by atoms with van der Waals surface area (Å²) < 4.78 is 10.5. The highest BCUT2D eigenvalue weighted by atomic mass is 16.6. The lowest BCUT2D eigenvalue weighted by molar-refractivity contribution is -0.764. The maximum atomic E-state index is 12.4. The van der Waals surface area contributed by atoms with Crippen LogP contribution in [0.3, 0.4) is 0 Å². The zero-order valence-corrected chi connectivity index (χ0v) is 11.8. The maximum absolute atomic E-state index is 12.4. The predicted octanol–water partition coefficient (Wildman–Crippen LogP) is 2.91. The van der Waals surface area contributed by atoms with Gasteiger partial charge in [0, 0.05) is 12.8 Å². The van der Waals surface area contributed by atoms with Gasteiger partial charge in [-0.3, -0.25) is 0 Å². The molecule has 5 nitrogen and oxygen atoms in total. The number of nitrogens with zero attached hydrogens (tertiary/aromatic N) is 1. The predicted molar refractivity (Wildman–Crippen MR) is 75.2 cm³/mol. The Balaban J connectivity index is 2.02. The number of amides is 1. The number of likely N-dealkylation sites (tertiary alicyclic amines) is 1. The van der Waals surface area contributed by atoms with Crippen molar-refractivity contribution in [3.63, 3.8) is 0 Å². The van der Waals surface area contributed by atoms with Crippen LogP contribution in [-0.2, 0) is 16.1 Å². The van der Waals surface area contributed by atoms with Gasteiger partial charge < -0.3 is 9.47 Å². The van der Waals surface area contributed by atoms with Gasteiger partial charge in [0.2, 0.25) is 0 Å². The molecule has 1 aliphatic rings. The van der Waals surface area contributed by atoms with E-state index in [-0.39, 0.29) is 23.2 Å². The average Bonchev–Trinajstić information content (AvgIpc) is 2.97. The molecular weight excluding hydrogens is 256 g/mol. The van der Waals surface area contributed by atoms with Crippen molar-refractivity contribution in [1.82, 2.24) is 0 Å². The topological polar surface area (TPSA) is 59.4 Å². The summed E-state index contributed by atoms with van der Waals surface area (Å²) in [4.78, 5) is 12.4. The highest BCUT2D eigenvalue weighted by molar-refractivity contribution is 5.77. The third-order valence-electron chi connectivity index (χ3n) is 3.55. The number of nitrogens with one attached hydrogen (secondary N) is 1. The Kier molecular flexibility index (Phi) is 4.74. The highest BCUT2D eigenvalue weighted by Crippen LogP contribution is 2.23. The molecule has 0 saturated carbocycles. The largest absolute Gasteiger partial charge is 0.525 e. The molecule has 0 aromatic heterocycles. The first-order valence-electron chi connectivity index (χ1n) is 6.99. The Bertz CT molecular complexity index is 467. The van der Waals surface area contributed by atoms with Gasteiger partial charge in [0.25, 0.3) is 0 Å². The van der Waals surface area contributed by atoms with Crippen LogP contribution in [-0.4, -0.2) is 36.3 Å². The lowest BCUT2D eigenvalue weighted by Gasteiger charge is -2.27. The van der Waals surface area contributed by atoms with E-state index in [1.165, 1.54) is 0 Å². The van der Waals surface area contributed by atoms with E-state index >= 15 is 0 Å². The van der Waals surface area contributed by atoms with Crippen molar-refractivity contribution in [2.45, 2.75) is 26.4 Å². The fourth-order valence-corrected chi connectivity index (χ4v) is 2.45. The van der Waals surface area contributed by atoms with E-state index in [2.05, 4.69) is 0 Å².